The Hall–Kier alpha value is -4.15. The molecule has 0 N–H and O–H groups in total. The number of aromatic nitrogens is 3. The third-order valence-electron chi connectivity index (χ3n) is 9.52. The number of carbonyl (C=O) groups excluding carboxylic acids is 2. The van der Waals surface area contributed by atoms with Crippen molar-refractivity contribution >= 4 is 17.4 Å². The fourth-order valence-corrected chi connectivity index (χ4v) is 6.75. The number of carbonyl (C=O) groups is 2. The predicted molar refractivity (Wildman–Crippen MR) is 170 cm³/mol. The van der Waals surface area contributed by atoms with Crippen LogP contribution in [0.5, 0.6) is 5.75 Å². The number of alkyl halides is 3. The summed E-state index contributed by atoms with van der Waals surface area (Å²) in [6, 6.07) is 11.2. The van der Waals surface area contributed by atoms with E-state index < -0.39 is 23.4 Å². The minimum absolute atomic E-state index is 0.0365. The summed E-state index contributed by atoms with van der Waals surface area (Å²) in [5, 5.41) is 3.90. The zero-order chi connectivity index (χ0) is 33.3. The number of pyridine rings is 1. The third-order valence-corrected chi connectivity index (χ3v) is 9.52. The van der Waals surface area contributed by atoms with Gasteiger partial charge >= 0.3 is 12.1 Å². The molecule has 3 aromatic rings. The van der Waals surface area contributed by atoms with Gasteiger partial charge in [-0.3, -0.25) is 4.79 Å². The molecule has 2 fully saturated rings. The van der Waals surface area contributed by atoms with E-state index in [0.717, 1.165) is 80.3 Å². The minimum Gasteiger partial charge on any atom is -0.489 e. The van der Waals surface area contributed by atoms with Gasteiger partial charge in [0.05, 0.1) is 18.5 Å². The number of hydrogen-bond acceptors (Lipinski definition) is 6. The molecule has 1 saturated heterocycles. The van der Waals surface area contributed by atoms with Crippen LogP contribution in [0.15, 0.2) is 48.2 Å². The number of benzene rings is 1. The van der Waals surface area contributed by atoms with Gasteiger partial charge in [0.1, 0.15) is 17.9 Å². The van der Waals surface area contributed by atoms with Crippen molar-refractivity contribution < 1.29 is 32.2 Å². The van der Waals surface area contributed by atoms with Gasteiger partial charge in [-0.25, -0.2) is 14.5 Å². The summed E-state index contributed by atoms with van der Waals surface area (Å²) < 4.78 is 54.3. The number of nitrogens with zero attached hydrogens (tertiary/aromatic N) is 4. The Labute approximate surface area is 273 Å². The van der Waals surface area contributed by atoms with Gasteiger partial charge in [-0.15, -0.1) is 0 Å². The van der Waals surface area contributed by atoms with Crippen LogP contribution in [0, 0.1) is 18.8 Å². The fraction of sp³-hybridized carbons (Fsp3) is 0.500. The molecule has 250 valence electrons. The van der Waals surface area contributed by atoms with Crippen molar-refractivity contribution in [2.75, 3.05) is 26.3 Å². The molecule has 1 unspecified atom stereocenters. The first-order chi connectivity index (χ1) is 22.5. The number of likely N-dealkylation sites (tertiary alicyclic amines) is 1. The van der Waals surface area contributed by atoms with E-state index >= 15 is 0 Å². The van der Waals surface area contributed by atoms with Gasteiger partial charge in [0.2, 0.25) is 5.91 Å². The molecule has 0 bridgehead atoms. The quantitative estimate of drug-likeness (QED) is 0.223. The summed E-state index contributed by atoms with van der Waals surface area (Å²) >= 11 is 0. The van der Waals surface area contributed by atoms with E-state index in [4.69, 9.17) is 9.47 Å². The Morgan fingerprint density at radius 3 is 2.49 bits per heavy atom. The molecule has 2 aromatic heterocycles. The maximum atomic E-state index is 14.2. The van der Waals surface area contributed by atoms with E-state index in [1.807, 2.05) is 17.9 Å². The first-order valence-corrected chi connectivity index (χ1v) is 16.6. The van der Waals surface area contributed by atoms with Gasteiger partial charge in [-0.2, -0.15) is 18.3 Å². The Kier molecular flexibility index (Phi) is 9.43. The molecule has 1 aromatic carbocycles. The average Bonchev–Trinajstić information content (AvgIpc) is 3.80. The lowest BCUT2D eigenvalue weighted by atomic mass is 9.83. The number of rotatable bonds is 9. The smallest absolute Gasteiger partial charge is 0.434 e. The number of allylic oxidation sites excluding steroid dienone is 1. The summed E-state index contributed by atoms with van der Waals surface area (Å²) in [5.41, 5.74) is 3.02. The zero-order valence-electron chi connectivity index (χ0n) is 27.1. The molecule has 47 heavy (non-hydrogen) atoms. The Morgan fingerprint density at radius 2 is 1.81 bits per heavy atom. The maximum Gasteiger partial charge on any atom is 0.434 e. The number of ether oxygens (including phenoxy) is 2. The molecule has 1 saturated carbocycles. The third kappa shape index (κ3) is 7.23. The Morgan fingerprint density at radius 1 is 1.04 bits per heavy atom. The summed E-state index contributed by atoms with van der Waals surface area (Å²) in [7, 11) is 0. The van der Waals surface area contributed by atoms with Crippen LogP contribution in [0.2, 0.25) is 0 Å². The van der Waals surface area contributed by atoms with Crippen molar-refractivity contribution in [3.8, 4) is 11.6 Å². The van der Waals surface area contributed by atoms with Crippen LogP contribution >= 0.6 is 0 Å². The second kappa shape index (κ2) is 13.5. The van der Waals surface area contributed by atoms with Crippen LogP contribution in [0.3, 0.4) is 0 Å². The molecule has 3 heterocycles. The molecular formula is C36H41F3N4O4. The fourth-order valence-electron chi connectivity index (χ4n) is 6.75. The molecule has 11 heteroatoms. The van der Waals surface area contributed by atoms with Crippen molar-refractivity contribution in [3.05, 3.63) is 76.2 Å². The van der Waals surface area contributed by atoms with Gasteiger partial charge in [0, 0.05) is 19.0 Å². The van der Waals surface area contributed by atoms with Gasteiger partial charge in [0.25, 0.3) is 0 Å². The molecule has 8 nitrogen and oxygen atoms in total. The second-order valence-corrected chi connectivity index (χ2v) is 13.0. The van der Waals surface area contributed by atoms with E-state index in [0.29, 0.717) is 41.1 Å². The molecule has 6 rings (SSSR count). The highest BCUT2D eigenvalue weighted by Gasteiger charge is 2.41. The predicted octanol–water partition coefficient (Wildman–Crippen LogP) is 7.54. The molecular weight excluding hydrogens is 609 g/mol. The number of halogens is 3. The van der Waals surface area contributed by atoms with E-state index in [-0.39, 0.29) is 18.3 Å². The van der Waals surface area contributed by atoms with Crippen LogP contribution < -0.4 is 4.74 Å². The summed E-state index contributed by atoms with van der Waals surface area (Å²) in [6.07, 6.45) is 2.51. The van der Waals surface area contributed by atoms with Gasteiger partial charge in [0.15, 0.2) is 11.5 Å². The molecule has 1 amide bonds. The lowest BCUT2D eigenvalue weighted by Gasteiger charge is -2.32. The Bertz CT molecular complexity index is 1670. The number of esters is 1. The first-order valence-electron chi connectivity index (χ1n) is 16.6. The molecule has 0 radical (unpaired) electrons. The van der Waals surface area contributed by atoms with Crippen molar-refractivity contribution in [1.29, 1.82) is 0 Å². The van der Waals surface area contributed by atoms with Crippen LogP contribution in [0.4, 0.5) is 13.2 Å². The molecule has 0 spiro atoms. The lowest BCUT2D eigenvalue weighted by molar-refractivity contribution is -0.143. The zero-order valence-corrected chi connectivity index (χ0v) is 27.1. The van der Waals surface area contributed by atoms with E-state index in [1.165, 1.54) is 18.6 Å². The normalized spacial score (nSPS) is 19.2. The molecule has 1 atom stereocenters. The molecule has 1 aliphatic heterocycles. The monoisotopic (exact) mass is 650 g/mol. The molecule has 3 aliphatic rings. The van der Waals surface area contributed by atoms with Crippen LogP contribution in [-0.2, 0) is 15.7 Å². The second-order valence-electron chi connectivity index (χ2n) is 13.0. The van der Waals surface area contributed by atoms with Crippen molar-refractivity contribution in [2.24, 2.45) is 11.8 Å². The summed E-state index contributed by atoms with van der Waals surface area (Å²) in [6.45, 7) is 7.64. The highest BCUT2D eigenvalue weighted by atomic mass is 19.4. The highest BCUT2D eigenvalue weighted by molar-refractivity contribution is 5.90. The largest absolute Gasteiger partial charge is 0.489 e. The molecule has 2 aliphatic carbocycles. The highest BCUT2D eigenvalue weighted by Crippen LogP contribution is 2.38. The van der Waals surface area contributed by atoms with Crippen LogP contribution in [-0.4, -0.2) is 57.8 Å². The Balaban J connectivity index is 1.20. The maximum absolute atomic E-state index is 14.2. The van der Waals surface area contributed by atoms with Crippen LogP contribution in [0.1, 0.15) is 97.6 Å². The standard InChI is InChI=1S/C36H41F3N4O4/c1-4-46-35(45)29-20-40-43(33(29)36(37,38)39)32-7-5-6-30(41-32)28-18-22(2)8-9-27(28)21-47-31-13-12-26(19-23(31)3)24-14-16-42(17-15-24)34(44)25-10-11-25/h5-7,12-13,19-20,22,24-25H,4,8-11,14-18,21H2,1-3H3. The first kappa shape index (κ1) is 32.8. The van der Waals surface area contributed by atoms with Crippen molar-refractivity contribution in [1.82, 2.24) is 19.7 Å². The van der Waals surface area contributed by atoms with E-state index in [2.05, 4.69) is 29.1 Å². The average molecular weight is 651 g/mol. The van der Waals surface area contributed by atoms with Gasteiger partial charge in [-0.1, -0.05) is 25.1 Å². The number of piperidine rings is 1. The number of hydrogen-bond donors (Lipinski definition) is 0. The van der Waals surface area contributed by atoms with Crippen LogP contribution in [0.25, 0.3) is 11.4 Å². The van der Waals surface area contributed by atoms with Crippen molar-refractivity contribution in [3.63, 3.8) is 0 Å². The lowest BCUT2D eigenvalue weighted by Crippen LogP contribution is -2.38. The topological polar surface area (TPSA) is 86.5 Å². The SMILES string of the molecule is CCOC(=O)c1cnn(-c2cccc(C3=C(COc4ccc(C5CCN(C(=O)C6CC6)CC5)cc4C)CCC(C)C3)n2)c1C(F)(F)F. The number of amides is 1. The summed E-state index contributed by atoms with van der Waals surface area (Å²) in [5.74, 6) is 1.05. The van der Waals surface area contributed by atoms with Gasteiger partial charge in [-0.05, 0) is 111 Å². The summed E-state index contributed by atoms with van der Waals surface area (Å²) in [4.78, 5) is 31.4. The number of aryl methyl sites for hydroxylation is 1. The minimum atomic E-state index is -4.85. The van der Waals surface area contributed by atoms with E-state index in [9.17, 15) is 22.8 Å². The van der Waals surface area contributed by atoms with E-state index in [1.54, 1.807) is 12.1 Å². The van der Waals surface area contributed by atoms with Crippen molar-refractivity contribution in [2.45, 2.75) is 77.8 Å². The van der Waals surface area contributed by atoms with Gasteiger partial charge < -0.3 is 14.4 Å².